The van der Waals surface area contributed by atoms with Gasteiger partial charge in [-0.25, -0.2) is 0 Å². The molecule has 0 aromatic rings. The molecule has 0 spiro atoms. The van der Waals surface area contributed by atoms with E-state index in [4.69, 9.17) is 5.73 Å². The number of hydrogen-bond acceptors (Lipinski definition) is 2. The Hall–Kier alpha value is -0.570. The van der Waals surface area contributed by atoms with E-state index in [-0.39, 0.29) is 5.91 Å². The first-order valence-electron chi connectivity index (χ1n) is 3.93. The van der Waals surface area contributed by atoms with Gasteiger partial charge in [-0.1, -0.05) is 13.8 Å². The number of amides is 1. The maximum atomic E-state index is 10.5. The fraction of sp³-hybridized carbons (Fsp3) is 0.875. The van der Waals surface area contributed by atoms with Crippen molar-refractivity contribution in [3.05, 3.63) is 0 Å². The van der Waals surface area contributed by atoms with Crippen molar-refractivity contribution in [1.82, 2.24) is 4.90 Å². The molecule has 11 heavy (non-hydrogen) atoms. The van der Waals surface area contributed by atoms with Crippen LogP contribution in [0.3, 0.4) is 0 Å². The lowest BCUT2D eigenvalue weighted by molar-refractivity contribution is -0.119. The summed E-state index contributed by atoms with van der Waals surface area (Å²) in [6.45, 7) is 6.69. The van der Waals surface area contributed by atoms with E-state index >= 15 is 0 Å². The number of hydrogen-bond donors (Lipinski definition) is 1. The van der Waals surface area contributed by atoms with Crippen LogP contribution in [-0.4, -0.2) is 30.4 Å². The van der Waals surface area contributed by atoms with Crippen LogP contribution < -0.4 is 5.73 Å². The molecule has 0 rings (SSSR count). The molecule has 3 heteroatoms. The fourth-order valence-electron chi connectivity index (χ4n) is 0.899. The van der Waals surface area contributed by atoms with Gasteiger partial charge in [0.15, 0.2) is 0 Å². The highest BCUT2D eigenvalue weighted by molar-refractivity contribution is 5.75. The summed E-state index contributed by atoms with van der Waals surface area (Å²) in [6.07, 6.45) is 0. The minimum absolute atomic E-state index is 0.264. The molecule has 0 aromatic heterocycles. The second kappa shape index (κ2) is 4.34. The highest BCUT2D eigenvalue weighted by atomic mass is 16.1. The van der Waals surface area contributed by atoms with Gasteiger partial charge in [-0.2, -0.15) is 0 Å². The van der Waals surface area contributed by atoms with Crippen LogP contribution in [0.25, 0.3) is 0 Å². The van der Waals surface area contributed by atoms with Gasteiger partial charge in [0.1, 0.15) is 0 Å². The number of primary amides is 1. The maximum absolute atomic E-state index is 10.5. The smallest absolute Gasteiger partial charge is 0.231 e. The molecule has 0 aliphatic carbocycles. The molecule has 1 unspecified atom stereocenters. The van der Waals surface area contributed by atoms with Gasteiger partial charge in [0, 0.05) is 6.04 Å². The summed E-state index contributed by atoms with van der Waals surface area (Å²) >= 11 is 0. The van der Waals surface area contributed by atoms with Crippen LogP contribution in [0.15, 0.2) is 0 Å². The van der Waals surface area contributed by atoms with Gasteiger partial charge in [-0.3, -0.25) is 9.69 Å². The molecule has 3 nitrogen and oxygen atoms in total. The van der Waals surface area contributed by atoms with E-state index in [1.807, 2.05) is 11.9 Å². The Morgan fingerprint density at radius 1 is 1.45 bits per heavy atom. The van der Waals surface area contributed by atoms with Gasteiger partial charge in [0.05, 0.1) is 6.54 Å². The van der Waals surface area contributed by atoms with Crippen LogP contribution in [0.5, 0.6) is 0 Å². The van der Waals surface area contributed by atoms with Gasteiger partial charge < -0.3 is 5.73 Å². The number of nitrogens with zero attached hydrogens (tertiary/aromatic N) is 1. The van der Waals surface area contributed by atoms with Crippen molar-refractivity contribution < 1.29 is 4.79 Å². The van der Waals surface area contributed by atoms with E-state index in [2.05, 4.69) is 20.8 Å². The fourth-order valence-corrected chi connectivity index (χ4v) is 0.899. The molecule has 0 fully saturated rings. The van der Waals surface area contributed by atoms with Crippen molar-refractivity contribution in [3.63, 3.8) is 0 Å². The van der Waals surface area contributed by atoms with Crippen molar-refractivity contribution in [3.8, 4) is 0 Å². The first-order chi connectivity index (χ1) is 4.95. The predicted molar refractivity (Wildman–Crippen MR) is 46.1 cm³/mol. The van der Waals surface area contributed by atoms with Crippen molar-refractivity contribution >= 4 is 5.91 Å². The highest BCUT2D eigenvalue weighted by Crippen LogP contribution is 2.06. The van der Waals surface area contributed by atoms with E-state index in [1.165, 1.54) is 0 Å². The summed E-state index contributed by atoms with van der Waals surface area (Å²) < 4.78 is 0. The highest BCUT2D eigenvalue weighted by Gasteiger charge is 2.13. The largest absolute Gasteiger partial charge is 0.369 e. The molecule has 1 atom stereocenters. The van der Waals surface area contributed by atoms with Gasteiger partial charge in [0.25, 0.3) is 0 Å². The number of nitrogens with two attached hydrogens (primary N) is 1. The first-order valence-corrected chi connectivity index (χ1v) is 3.93. The summed E-state index contributed by atoms with van der Waals surface area (Å²) in [7, 11) is 1.91. The molecule has 0 aliphatic rings. The summed E-state index contributed by atoms with van der Waals surface area (Å²) in [5.41, 5.74) is 5.05. The third-order valence-corrected chi connectivity index (χ3v) is 2.07. The average molecular weight is 158 g/mol. The van der Waals surface area contributed by atoms with Crippen LogP contribution in [-0.2, 0) is 4.79 Å². The van der Waals surface area contributed by atoms with Crippen molar-refractivity contribution in [2.45, 2.75) is 26.8 Å². The van der Waals surface area contributed by atoms with Crippen LogP contribution in [0.2, 0.25) is 0 Å². The van der Waals surface area contributed by atoms with E-state index in [9.17, 15) is 4.79 Å². The molecule has 66 valence electrons. The lowest BCUT2D eigenvalue weighted by Crippen LogP contribution is -2.39. The van der Waals surface area contributed by atoms with E-state index in [0.717, 1.165) is 0 Å². The summed E-state index contributed by atoms with van der Waals surface area (Å²) in [5, 5.41) is 0. The van der Waals surface area contributed by atoms with Crippen molar-refractivity contribution in [2.24, 2.45) is 11.7 Å². The zero-order valence-corrected chi connectivity index (χ0v) is 7.79. The van der Waals surface area contributed by atoms with E-state index in [1.54, 1.807) is 0 Å². The second-order valence-electron chi connectivity index (χ2n) is 3.37. The van der Waals surface area contributed by atoms with Crippen molar-refractivity contribution in [1.29, 1.82) is 0 Å². The Kier molecular flexibility index (Phi) is 4.11. The third kappa shape index (κ3) is 3.98. The maximum Gasteiger partial charge on any atom is 0.231 e. The number of carbonyl (C=O) groups excluding carboxylic acids is 1. The molecule has 0 heterocycles. The molecule has 0 saturated carbocycles. The molecule has 0 saturated heterocycles. The average Bonchev–Trinajstić information content (AvgIpc) is 1.84. The number of likely N-dealkylation sites (N-methyl/N-ethyl adjacent to an activating group) is 1. The monoisotopic (exact) mass is 158 g/mol. The molecule has 0 aliphatic heterocycles. The minimum atomic E-state index is -0.264. The summed E-state index contributed by atoms with van der Waals surface area (Å²) in [4.78, 5) is 12.5. The third-order valence-electron chi connectivity index (χ3n) is 2.07. The quantitative estimate of drug-likeness (QED) is 0.645. The molecule has 0 bridgehead atoms. The Morgan fingerprint density at radius 3 is 2.18 bits per heavy atom. The second-order valence-corrected chi connectivity index (χ2v) is 3.37. The predicted octanol–water partition coefficient (Wildman–Crippen LogP) is 0.448. The van der Waals surface area contributed by atoms with E-state index in [0.29, 0.717) is 18.5 Å². The number of carbonyl (C=O) groups is 1. The van der Waals surface area contributed by atoms with Crippen LogP contribution in [0.1, 0.15) is 20.8 Å². The molecule has 0 aromatic carbocycles. The Morgan fingerprint density at radius 2 is 1.91 bits per heavy atom. The molecule has 0 radical (unpaired) electrons. The van der Waals surface area contributed by atoms with Gasteiger partial charge in [-0.15, -0.1) is 0 Å². The topological polar surface area (TPSA) is 46.3 Å². The van der Waals surface area contributed by atoms with Gasteiger partial charge in [-0.05, 0) is 19.9 Å². The lowest BCUT2D eigenvalue weighted by atomic mass is 10.1. The Bertz CT molecular complexity index is 134. The van der Waals surface area contributed by atoms with Crippen LogP contribution in [0, 0.1) is 5.92 Å². The van der Waals surface area contributed by atoms with Crippen LogP contribution in [0.4, 0.5) is 0 Å². The number of rotatable bonds is 4. The molecule has 2 N–H and O–H groups in total. The van der Waals surface area contributed by atoms with Gasteiger partial charge in [0.2, 0.25) is 5.91 Å². The molecular weight excluding hydrogens is 140 g/mol. The lowest BCUT2D eigenvalue weighted by Gasteiger charge is -2.26. The summed E-state index contributed by atoms with van der Waals surface area (Å²) in [5.74, 6) is 0.291. The Labute approximate surface area is 68.6 Å². The zero-order chi connectivity index (χ0) is 9.02. The normalized spacial score (nSPS) is 14.0. The molecular formula is C8H18N2O. The van der Waals surface area contributed by atoms with Crippen molar-refractivity contribution in [2.75, 3.05) is 13.6 Å². The molecule has 1 amide bonds. The SMILES string of the molecule is CC(C)C(C)N(C)CC(N)=O. The standard InChI is InChI=1S/C8H18N2O/c1-6(2)7(3)10(4)5-8(9)11/h6-7H,5H2,1-4H3,(H2,9,11). The Balaban J connectivity index is 3.82. The zero-order valence-electron chi connectivity index (χ0n) is 7.79. The van der Waals surface area contributed by atoms with Crippen LogP contribution >= 0.6 is 0 Å². The van der Waals surface area contributed by atoms with E-state index < -0.39 is 0 Å². The first kappa shape index (κ1) is 10.4. The minimum Gasteiger partial charge on any atom is -0.369 e. The summed E-state index contributed by atoms with van der Waals surface area (Å²) in [6, 6.07) is 0.405. The van der Waals surface area contributed by atoms with Gasteiger partial charge >= 0.3 is 0 Å².